The number of rotatable bonds is 1. The molecule has 2 heterocycles. The molecule has 114 valence electrons. The maximum atomic E-state index is 11.9. The number of aryl methyl sites for hydroxylation is 1. The van der Waals surface area contributed by atoms with Gasteiger partial charge in [-0.2, -0.15) is 0 Å². The van der Waals surface area contributed by atoms with Gasteiger partial charge in [-0.1, -0.05) is 26.0 Å². The second kappa shape index (κ2) is 6.87. The molecule has 1 aromatic carbocycles. The minimum atomic E-state index is 0.0133. The first kappa shape index (κ1) is 15.7. The monoisotopic (exact) mass is 289 g/mol. The first-order valence-electron chi connectivity index (χ1n) is 7.36. The topological polar surface area (TPSA) is 62.3 Å². The maximum Gasteiger partial charge on any atom is 0.256 e. The summed E-state index contributed by atoms with van der Waals surface area (Å²) in [4.78, 5) is 14.9. The van der Waals surface area contributed by atoms with Gasteiger partial charge < -0.3 is 14.8 Å². The van der Waals surface area contributed by atoms with Gasteiger partial charge in [-0.25, -0.2) is 0 Å². The summed E-state index contributed by atoms with van der Waals surface area (Å²) in [6.45, 7) is 7.59. The molecule has 1 aromatic heterocycles. The van der Waals surface area contributed by atoms with Crippen molar-refractivity contribution in [3.05, 3.63) is 45.4 Å². The summed E-state index contributed by atoms with van der Waals surface area (Å²) in [5.41, 5.74) is 3.35. The molecule has 0 aliphatic carbocycles. The van der Waals surface area contributed by atoms with E-state index < -0.39 is 0 Å². The lowest BCUT2D eigenvalue weighted by Gasteiger charge is -2.18. The zero-order valence-electron chi connectivity index (χ0n) is 12.9. The van der Waals surface area contributed by atoms with Gasteiger partial charge in [-0.05, 0) is 29.9 Å². The summed E-state index contributed by atoms with van der Waals surface area (Å²) in [6.07, 6.45) is 0.800. The van der Waals surface area contributed by atoms with E-state index in [1.807, 2.05) is 39.0 Å². The SMILES string of the molecule is CC(C)CO.Cc1cccc2c(=O)[nH]c3c(c12)COCC3. The van der Waals surface area contributed by atoms with E-state index in [4.69, 9.17) is 9.84 Å². The van der Waals surface area contributed by atoms with Gasteiger partial charge >= 0.3 is 0 Å². The largest absolute Gasteiger partial charge is 0.396 e. The Labute approximate surface area is 124 Å². The van der Waals surface area contributed by atoms with Crippen LogP contribution in [-0.4, -0.2) is 23.3 Å². The molecule has 0 saturated carbocycles. The first-order valence-corrected chi connectivity index (χ1v) is 7.36. The third-order valence-corrected chi connectivity index (χ3v) is 3.56. The summed E-state index contributed by atoms with van der Waals surface area (Å²) < 4.78 is 5.48. The Bertz CT molecular complexity index is 674. The Morgan fingerprint density at radius 3 is 2.76 bits per heavy atom. The fraction of sp³-hybridized carbons (Fsp3) is 0.471. The lowest BCUT2D eigenvalue weighted by atomic mass is 9.98. The molecule has 2 aromatic rings. The maximum absolute atomic E-state index is 11.9. The normalized spacial score (nSPS) is 13.8. The quantitative estimate of drug-likeness (QED) is 0.848. The van der Waals surface area contributed by atoms with Crippen LogP contribution in [0, 0.1) is 12.8 Å². The Hall–Kier alpha value is -1.65. The smallest absolute Gasteiger partial charge is 0.256 e. The number of benzene rings is 1. The Morgan fingerprint density at radius 2 is 2.10 bits per heavy atom. The van der Waals surface area contributed by atoms with Gasteiger partial charge in [0.2, 0.25) is 0 Å². The van der Waals surface area contributed by atoms with E-state index in [0.717, 1.165) is 34.0 Å². The number of fused-ring (bicyclic) bond motifs is 3. The third kappa shape index (κ3) is 3.52. The molecular formula is C17H23NO3. The summed E-state index contributed by atoms with van der Waals surface area (Å²) in [6, 6.07) is 5.83. The molecule has 0 amide bonds. The molecule has 0 radical (unpaired) electrons. The second-order valence-corrected chi connectivity index (χ2v) is 5.79. The van der Waals surface area contributed by atoms with Gasteiger partial charge in [0.05, 0.1) is 13.2 Å². The molecule has 2 N–H and O–H groups in total. The van der Waals surface area contributed by atoms with Crippen molar-refractivity contribution < 1.29 is 9.84 Å². The van der Waals surface area contributed by atoms with Gasteiger partial charge in [0.25, 0.3) is 5.56 Å². The van der Waals surface area contributed by atoms with Crippen LogP contribution in [0.25, 0.3) is 10.8 Å². The Kier molecular flexibility index (Phi) is 5.15. The number of pyridine rings is 1. The van der Waals surface area contributed by atoms with Crippen LogP contribution in [0.5, 0.6) is 0 Å². The number of aromatic amines is 1. The molecule has 1 aliphatic heterocycles. The van der Waals surface area contributed by atoms with E-state index in [0.29, 0.717) is 25.7 Å². The number of hydrogen-bond acceptors (Lipinski definition) is 3. The van der Waals surface area contributed by atoms with E-state index in [-0.39, 0.29) is 5.56 Å². The number of hydrogen-bond donors (Lipinski definition) is 2. The highest BCUT2D eigenvalue weighted by Gasteiger charge is 2.16. The summed E-state index contributed by atoms with van der Waals surface area (Å²) in [5.74, 6) is 0.440. The van der Waals surface area contributed by atoms with Gasteiger partial charge in [0.1, 0.15) is 0 Å². The first-order chi connectivity index (χ1) is 10.0. The zero-order chi connectivity index (χ0) is 15.4. The van der Waals surface area contributed by atoms with Crippen molar-refractivity contribution in [2.45, 2.75) is 33.8 Å². The number of nitrogens with one attached hydrogen (secondary N) is 1. The summed E-state index contributed by atoms with van der Waals surface area (Å²) in [7, 11) is 0. The molecule has 0 fully saturated rings. The fourth-order valence-electron chi connectivity index (χ4n) is 2.41. The molecule has 0 unspecified atom stereocenters. The Balaban J connectivity index is 0.000000282. The van der Waals surface area contributed by atoms with Gasteiger partial charge in [-0.15, -0.1) is 0 Å². The predicted octanol–water partition coefficient (Wildman–Crippen LogP) is 2.54. The highest BCUT2D eigenvalue weighted by atomic mass is 16.5. The molecule has 4 heteroatoms. The van der Waals surface area contributed by atoms with Gasteiger partial charge in [0.15, 0.2) is 0 Å². The molecular weight excluding hydrogens is 266 g/mol. The standard InChI is InChI=1S/C13H13NO2.C4H10O/c1-8-3-2-4-9-12(8)10-7-16-6-5-11(10)14-13(9)15;1-4(2)3-5/h2-4H,5-7H2,1H3,(H,14,15);4-5H,3H2,1-2H3. The van der Waals surface area contributed by atoms with Crippen molar-refractivity contribution >= 4 is 10.8 Å². The number of ether oxygens (including phenoxy) is 1. The van der Waals surface area contributed by atoms with Crippen LogP contribution in [0.15, 0.2) is 23.0 Å². The van der Waals surface area contributed by atoms with E-state index in [2.05, 4.69) is 4.98 Å². The minimum absolute atomic E-state index is 0.0133. The predicted molar refractivity (Wildman–Crippen MR) is 84.6 cm³/mol. The van der Waals surface area contributed by atoms with E-state index >= 15 is 0 Å². The highest BCUT2D eigenvalue weighted by Crippen LogP contribution is 2.25. The molecule has 1 aliphatic rings. The average molecular weight is 289 g/mol. The summed E-state index contributed by atoms with van der Waals surface area (Å²) >= 11 is 0. The number of aromatic nitrogens is 1. The van der Waals surface area contributed by atoms with E-state index in [9.17, 15) is 4.79 Å². The average Bonchev–Trinajstić information content (AvgIpc) is 2.48. The summed E-state index contributed by atoms with van der Waals surface area (Å²) in [5, 5.41) is 9.98. The van der Waals surface area contributed by atoms with E-state index in [1.165, 1.54) is 0 Å². The molecule has 4 nitrogen and oxygen atoms in total. The minimum Gasteiger partial charge on any atom is -0.396 e. The molecule has 0 spiro atoms. The lowest BCUT2D eigenvalue weighted by molar-refractivity contribution is 0.110. The van der Waals surface area contributed by atoms with Crippen LogP contribution >= 0.6 is 0 Å². The number of aliphatic hydroxyl groups excluding tert-OH is 1. The van der Waals surface area contributed by atoms with Crippen molar-refractivity contribution in [3.63, 3.8) is 0 Å². The third-order valence-electron chi connectivity index (χ3n) is 3.56. The van der Waals surface area contributed by atoms with Crippen molar-refractivity contribution in [2.75, 3.05) is 13.2 Å². The van der Waals surface area contributed by atoms with Crippen molar-refractivity contribution in [1.82, 2.24) is 4.98 Å². The van der Waals surface area contributed by atoms with Gasteiger partial charge in [-0.3, -0.25) is 4.79 Å². The Morgan fingerprint density at radius 1 is 1.38 bits per heavy atom. The zero-order valence-corrected chi connectivity index (χ0v) is 12.9. The van der Waals surface area contributed by atoms with Crippen LogP contribution in [-0.2, 0) is 17.8 Å². The second-order valence-electron chi connectivity index (χ2n) is 5.79. The van der Waals surface area contributed by atoms with E-state index in [1.54, 1.807) is 0 Å². The highest BCUT2D eigenvalue weighted by molar-refractivity contribution is 5.88. The van der Waals surface area contributed by atoms with Crippen LogP contribution in [0.4, 0.5) is 0 Å². The fourth-order valence-corrected chi connectivity index (χ4v) is 2.41. The van der Waals surface area contributed by atoms with Crippen LogP contribution < -0.4 is 5.56 Å². The molecule has 0 atom stereocenters. The molecule has 0 saturated heterocycles. The van der Waals surface area contributed by atoms with Crippen molar-refractivity contribution in [2.24, 2.45) is 5.92 Å². The van der Waals surface area contributed by atoms with Gasteiger partial charge in [0, 0.05) is 29.7 Å². The van der Waals surface area contributed by atoms with Crippen molar-refractivity contribution in [1.29, 1.82) is 0 Å². The van der Waals surface area contributed by atoms with Crippen molar-refractivity contribution in [3.8, 4) is 0 Å². The number of H-pyrrole nitrogens is 1. The molecule has 3 rings (SSSR count). The van der Waals surface area contributed by atoms with Crippen LogP contribution in [0.2, 0.25) is 0 Å². The molecule has 0 bridgehead atoms. The van der Waals surface area contributed by atoms with Crippen LogP contribution in [0.3, 0.4) is 0 Å². The number of aliphatic hydroxyl groups is 1. The lowest BCUT2D eigenvalue weighted by Crippen LogP contribution is -2.19. The molecule has 21 heavy (non-hydrogen) atoms. The van der Waals surface area contributed by atoms with Crippen LogP contribution in [0.1, 0.15) is 30.7 Å².